The molecule has 3 aromatic rings. The molecule has 0 radical (unpaired) electrons. The minimum atomic E-state index is -0.921. The Hall–Kier alpha value is -3.58. The second kappa shape index (κ2) is 9.76. The first-order valence-electron chi connectivity index (χ1n) is 9.47. The van der Waals surface area contributed by atoms with Gasteiger partial charge in [-0.2, -0.15) is 0 Å². The van der Waals surface area contributed by atoms with E-state index in [-0.39, 0.29) is 24.4 Å². The van der Waals surface area contributed by atoms with Gasteiger partial charge in [0.1, 0.15) is 6.04 Å². The number of carbonyl (C=O) groups is 2. The average molecular weight is 410 g/mol. The van der Waals surface area contributed by atoms with Gasteiger partial charge >= 0.3 is 0 Å². The van der Waals surface area contributed by atoms with E-state index in [0.29, 0.717) is 22.5 Å². The summed E-state index contributed by atoms with van der Waals surface area (Å²) < 4.78 is 26.5. The van der Waals surface area contributed by atoms with Crippen LogP contribution in [-0.2, 0) is 4.79 Å². The van der Waals surface area contributed by atoms with E-state index >= 15 is 0 Å². The third-order valence-electron chi connectivity index (χ3n) is 4.60. The summed E-state index contributed by atoms with van der Waals surface area (Å²) in [5.41, 5.74) is 1.95. The van der Waals surface area contributed by atoms with Crippen molar-refractivity contribution in [3.63, 3.8) is 0 Å². The fourth-order valence-electron chi connectivity index (χ4n) is 2.93. The van der Waals surface area contributed by atoms with Crippen LogP contribution in [-0.4, -0.2) is 18.4 Å². The maximum atomic E-state index is 13.4. The van der Waals surface area contributed by atoms with E-state index in [1.54, 1.807) is 48.6 Å². The van der Waals surface area contributed by atoms with Gasteiger partial charge in [0.15, 0.2) is 18.2 Å². The van der Waals surface area contributed by atoms with Gasteiger partial charge in [-0.1, -0.05) is 30.3 Å². The van der Waals surface area contributed by atoms with Gasteiger partial charge in [0.05, 0.1) is 11.3 Å². The van der Waals surface area contributed by atoms with Crippen molar-refractivity contribution in [2.24, 2.45) is 0 Å². The number of amides is 2. The van der Waals surface area contributed by atoms with E-state index in [9.17, 15) is 18.4 Å². The van der Waals surface area contributed by atoms with Crippen molar-refractivity contribution in [3.05, 3.63) is 95.6 Å². The molecule has 7 heteroatoms. The average Bonchev–Trinajstić information content (AvgIpc) is 2.75. The van der Waals surface area contributed by atoms with Crippen molar-refractivity contribution in [3.8, 4) is 0 Å². The highest BCUT2D eigenvalue weighted by Crippen LogP contribution is 2.17. The van der Waals surface area contributed by atoms with Gasteiger partial charge < -0.3 is 16.0 Å². The topological polar surface area (TPSA) is 74.8 Å². The zero-order valence-corrected chi connectivity index (χ0v) is 16.4. The summed E-state index contributed by atoms with van der Waals surface area (Å²) in [5, 5.41) is 7.23. The monoisotopic (exact) mass is 410 g/mol. The molecule has 0 saturated carbocycles. The Labute approximate surface area is 173 Å². The molecule has 0 unspecified atom stereocenters. The van der Waals surface area contributed by atoms with Crippen LogP contribution in [0.15, 0.2) is 72.8 Å². The Morgan fingerprint density at radius 3 is 2.33 bits per heavy atom. The van der Waals surface area contributed by atoms with E-state index in [2.05, 4.69) is 10.6 Å². The van der Waals surface area contributed by atoms with Crippen LogP contribution in [0.25, 0.3) is 0 Å². The van der Waals surface area contributed by atoms with Crippen molar-refractivity contribution < 1.29 is 23.7 Å². The molecule has 0 fully saturated rings. The van der Waals surface area contributed by atoms with Crippen LogP contribution in [0.3, 0.4) is 0 Å². The number of halogens is 2. The highest BCUT2D eigenvalue weighted by molar-refractivity contribution is 6.10. The maximum absolute atomic E-state index is 13.4. The van der Waals surface area contributed by atoms with Crippen LogP contribution < -0.4 is 16.0 Å². The van der Waals surface area contributed by atoms with Crippen LogP contribution in [0.4, 0.5) is 20.2 Å². The number of quaternary nitrogens is 1. The molecule has 0 bridgehead atoms. The second-order valence-electron chi connectivity index (χ2n) is 6.82. The highest BCUT2D eigenvalue weighted by Gasteiger charge is 2.16. The van der Waals surface area contributed by atoms with Crippen LogP contribution >= 0.6 is 0 Å². The molecule has 0 heterocycles. The van der Waals surface area contributed by atoms with Gasteiger partial charge in [0.25, 0.3) is 11.8 Å². The largest absolute Gasteiger partial charge is 0.333 e. The summed E-state index contributed by atoms with van der Waals surface area (Å²) in [4.78, 5) is 25.0. The van der Waals surface area contributed by atoms with Crippen molar-refractivity contribution in [1.82, 2.24) is 0 Å². The Kier molecular flexibility index (Phi) is 6.87. The summed E-state index contributed by atoms with van der Waals surface area (Å²) >= 11 is 0. The molecule has 3 rings (SSSR count). The predicted molar refractivity (Wildman–Crippen MR) is 111 cm³/mol. The predicted octanol–water partition coefficient (Wildman–Crippen LogP) is 3.48. The first-order valence-corrected chi connectivity index (χ1v) is 9.47. The van der Waals surface area contributed by atoms with Gasteiger partial charge in [-0.15, -0.1) is 0 Å². The third-order valence-corrected chi connectivity index (χ3v) is 4.60. The summed E-state index contributed by atoms with van der Waals surface area (Å²) in [5.74, 6) is -2.48. The summed E-state index contributed by atoms with van der Waals surface area (Å²) in [6.07, 6.45) is 0. The number of para-hydroxylation sites is 2. The molecule has 1 atom stereocenters. The van der Waals surface area contributed by atoms with E-state index in [4.69, 9.17) is 0 Å². The molecule has 4 N–H and O–H groups in total. The number of nitrogens with two attached hydrogens (primary N) is 1. The lowest BCUT2D eigenvalue weighted by Gasteiger charge is -2.13. The minimum absolute atomic E-state index is 0.0504. The van der Waals surface area contributed by atoms with E-state index in [0.717, 1.165) is 12.1 Å². The van der Waals surface area contributed by atoms with Crippen molar-refractivity contribution in [2.75, 3.05) is 17.2 Å². The number of carbonyl (C=O) groups excluding carboxylic acids is 2. The molecule has 0 aromatic heterocycles. The number of anilines is 2. The zero-order chi connectivity index (χ0) is 21.5. The smallest absolute Gasteiger partial charge is 0.279 e. The molecule has 0 aliphatic rings. The van der Waals surface area contributed by atoms with Crippen LogP contribution in [0.2, 0.25) is 0 Å². The van der Waals surface area contributed by atoms with Crippen molar-refractivity contribution >= 4 is 23.2 Å². The fourth-order valence-corrected chi connectivity index (χ4v) is 2.93. The second-order valence-corrected chi connectivity index (χ2v) is 6.82. The molecule has 3 aromatic carbocycles. The molecule has 0 aliphatic heterocycles. The lowest BCUT2D eigenvalue weighted by Crippen LogP contribution is -2.86. The molecule has 5 nitrogen and oxygen atoms in total. The van der Waals surface area contributed by atoms with Gasteiger partial charge in [0, 0.05) is 11.3 Å². The highest BCUT2D eigenvalue weighted by atomic mass is 19.2. The number of nitrogens with one attached hydrogen (secondary N) is 2. The van der Waals surface area contributed by atoms with Crippen molar-refractivity contribution in [2.45, 2.75) is 13.0 Å². The van der Waals surface area contributed by atoms with Crippen LogP contribution in [0.1, 0.15) is 28.9 Å². The van der Waals surface area contributed by atoms with E-state index < -0.39 is 11.6 Å². The number of hydrogen-bond acceptors (Lipinski definition) is 2. The van der Waals surface area contributed by atoms with Crippen LogP contribution in [0.5, 0.6) is 0 Å². The molecule has 0 spiro atoms. The molecule has 30 heavy (non-hydrogen) atoms. The molecule has 0 aliphatic carbocycles. The standard InChI is InChI=1S/C23H21F2N3O2/c1-15(16-11-12-19(24)20(25)13-16)26-14-22(29)28-21-10-6-5-9-18(21)23(30)27-17-7-3-2-4-8-17/h2-13,15,26H,14H2,1H3,(H,27,30)(H,28,29)/p+1/t15-/m0/s1. The van der Waals surface area contributed by atoms with E-state index in [1.165, 1.54) is 6.07 Å². The minimum Gasteiger partial charge on any atom is -0.333 e. The van der Waals surface area contributed by atoms with Gasteiger partial charge in [0.2, 0.25) is 0 Å². The summed E-state index contributed by atoms with van der Waals surface area (Å²) in [6.45, 7) is 1.84. The lowest BCUT2D eigenvalue weighted by atomic mass is 10.1. The molecule has 2 amide bonds. The van der Waals surface area contributed by atoms with E-state index in [1.807, 2.05) is 18.2 Å². The van der Waals surface area contributed by atoms with Gasteiger partial charge in [-0.05, 0) is 49.4 Å². The summed E-state index contributed by atoms with van der Waals surface area (Å²) in [7, 11) is 0. The molecule has 0 saturated heterocycles. The molecular formula is C23H22F2N3O2+. The number of rotatable bonds is 7. The SMILES string of the molecule is C[C@H]([NH2+]CC(=O)Nc1ccccc1C(=O)Nc1ccccc1)c1ccc(F)c(F)c1. The third kappa shape index (κ3) is 5.48. The van der Waals surface area contributed by atoms with Crippen LogP contribution in [0, 0.1) is 11.6 Å². The fraction of sp³-hybridized carbons (Fsp3) is 0.130. The Balaban J connectivity index is 1.61. The Bertz CT molecular complexity index is 1040. The Morgan fingerprint density at radius 1 is 0.900 bits per heavy atom. The number of hydrogen-bond donors (Lipinski definition) is 3. The maximum Gasteiger partial charge on any atom is 0.279 e. The summed E-state index contributed by atoms with van der Waals surface area (Å²) in [6, 6.07) is 19.2. The Morgan fingerprint density at radius 2 is 1.60 bits per heavy atom. The lowest BCUT2D eigenvalue weighted by molar-refractivity contribution is -0.682. The zero-order valence-electron chi connectivity index (χ0n) is 16.4. The van der Waals surface area contributed by atoms with Gasteiger partial charge in [-0.3, -0.25) is 9.59 Å². The first-order chi connectivity index (χ1) is 14.4. The first kappa shape index (κ1) is 21.1. The normalized spacial score (nSPS) is 11.6. The van der Waals surface area contributed by atoms with Crippen molar-refractivity contribution in [1.29, 1.82) is 0 Å². The van der Waals surface area contributed by atoms with Gasteiger partial charge in [-0.25, -0.2) is 8.78 Å². The quantitative estimate of drug-likeness (QED) is 0.558. The number of benzene rings is 3. The molecule has 154 valence electrons. The molecular weight excluding hydrogens is 388 g/mol.